The summed E-state index contributed by atoms with van der Waals surface area (Å²) >= 11 is 0. The summed E-state index contributed by atoms with van der Waals surface area (Å²) in [6.07, 6.45) is 0.381. The second kappa shape index (κ2) is 6.96. The lowest BCUT2D eigenvalue weighted by atomic mass is 10.1. The number of carbonyl (C=O) groups excluding carboxylic acids is 1. The van der Waals surface area contributed by atoms with Gasteiger partial charge in [-0.2, -0.15) is 0 Å². The molecule has 0 fully saturated rings. The van der Waals surface area contributed by atoms with Crippen molar-refractivity contribution >= 4 is 5.91 Å². The molecule has 5 heteroatoms. The number of hydrogen-bond donors (Lipinski definition) is 1. The van der Waals surface area contributed by atoms with Crippen LogP contribution in [0, 0.1) is 11.6 Å². The Morgan fingerprint density at radius 1 is 1.29 bits per heavy atom. The molecule has 0 aliphatic heterocycles. The average molecular weight is 243 g/mol. The minimum atomic E-state index is -0.611. The van der Waals surface area contributed by atoms with Crippen LogP contribution in [0.15, 0.2) is 18.2 Å². The molecule has 0 atom stereocenters. The van der Waals surface area contributed by atoms with Crippen LogP contribution in [0.5, 0.6) is 0 Å². The number of nitrogens with one attached hydrogen (secondary N) is 1. The topological polar surface area (TPSA) is 38.3 Å². The first-order valence-electron chi connectivity index (χ1n) is 5.41. The number of halogens is 2. The Hall–Kier alpha value is -1.49. The van der Waals surface area contributed by atoms with E-state index in [1.54, 1.807) is 6.92 Å². The quantitative estimate of drug-likeness (QED) is 0.825. The summed E-state index contributed by atoms with van der Waals surface area (Å²) in [6, 6.07) is 3.31. The number of benzene rings is 1. The van der Waals surface area contributed by atoms with Crippen molar-refractivity contribution in [2.75, 3.05) is 19.8 Å². The van der Waals surface area contributed by atoms with Gasteiger partial charge < -0.3 is 10.1 Å². The molecule has 1 rings (SSSR count). The highest BCUT2D eigenvalue weighted by Crippen LogP contribution is 2.07. The first-order chi connectivity index (χ1) is 8.11. The lowest BCUT2D eigenvalue weighted by molar-refractivity contribution is -0.125. The number of rotatable bonds is 6. The summed E-state index contributed by atoms with van der Waals surface area (Å²) in [5.41, 5.74) is 0.513. The van der Waals surface area contributed by atoms with Crippen LogP contribution in [-0.4, -0.2) is 25.7 Å². The van der Waals surface area contributed by atoms with Crippen molar-refractivity contribution < 1.29 is 18.3 Å². The van der Waals surface area contributed by atoms with Gasteiger partial charge in [0, 0.05) is 19.2 Å². The molecule has 0 heterocycles. The monoisotopic (exact) mass is 243 g/mol. The molecular weight excluding hydrogens is 228 g/mol. The number of hydrogen-bond acceptors (Lipinski definition) is 2. The molecule has 0 saturated carbocycles. The van der Waals surface area contributed by atoms with Crippen LogP contribution in [0.3, 0.4) is 0 Å². The molecule has 0 saturated heterocycles. The fraction of sp³-hybridized carbons (Fsp3) is 0.417. The molecule has 1 aromatic rings. The smallest absolute Gasteiger partial charge is 0.246 e. The van der Waals surface area contributed by atoms with Crippen molar-refractivity contribution in [3.05, 3.63) is 35.4 Å². The minimum absolute atomic E-state index is 0.00795. The summed E-state index contributed by atoms with van der Waals surface area (Å²) in [6.45, 7) is 2.61. The SMILES string of the molecule is CCOCC(=O)NCCc1cc(F)cc(F)c1. The van der Waals surface area contributed by atoms with E-state index in [1.807, 2.05) is 0 Å². The Morgan fingerprint density at radius 2 is 1.94 bits per heavy atom. The predicted octanol–water partition coefficient (Wildman–Crippen LogP) is 1.66. The highest BCUT2D eigenvalue weighted by Gasteiger charge is 2.02. The standard InChI is InChI=1S/C12H15F2NO2/c1-2-17-8-12(16)15-4-3-9-5-10(13)7-11(14)6-9/h5-7H,2-4,8H2,1H3,(H,15,16). The van der Waals surface area contributed by atoms with Gasteiger partial charge in [0.15, 0.2) is 0 Å². The number of amides is 1. The van der Waals surface area contributed by atoms with Crippen molar-refractivity contribution in [2.24, 2.45) is 0 Å². The highest BCUT2D eigenvalue weighted by molar-refractivity contribution is 5.77. The van der Waals surface area contributed by atoms with E-state index in [9.17, 15) is 13.6 Å². The summed E-state index contributed by atoms with van der Waals surface area (Å²) in [4.78, 5) is 11.1. The van der Waals surface area contributed by atoms with E-state index in [2.05, 4.69) is 5.32 Å². The molecule has 1 N–H and O–H groups in total. The van der Waals surface area contributed by atoms with Crippen LogP contribution in [0.2, 0.25) is 0 Å². The molecule has 3 nitrogen and oxygen atoms in total. The first kappa shape index (κ1) is 13.6. The number of carbonyl (C=O) groups is 1. The third-order valence-corrected chi connectivity index (χ3v) is 2.10. The summed E-state index contributed by atoms with van der Waals surface area (Å²) in [7, 11) is 0. The van der Waals surface area contributed by atoms with Crippen molar-refractivity contribution in [1.29, 1.82) is 0 Å². The van der Waals surface area contributed by atoms with Crippen LogP contribution in [0.1, 0.15) is 12.5 Å². The third kappa shape index (κ3) is 5.40. The third-order valence-electron chi connectivity index (χ3n) is 2.10. The second-order valence-corrected chi connectivity index (χ2v) is 3.51. The number of ether oxygens (including phenoxy) is 1. The molecule has 94 valence electrons. The molecule has 0 aliphatic rings. The van der Waals surface area contributed by atoms with E-state index in [1.165, 1.54) is 12.1 Å². The van der Waals surface area contributed by atoms with Gasteiger partial charge in [-0.15, -0.1) is 0 Å². The normalized spacial score (nSPS) is 10.3. The molecule has 0 aliphatic carbocycles. The van der Waals surface area contributed by atoms with E-state index in [4.69, 9.17) is 4.74 Å². The zero-order chi connectivity index (χ0) is 12.7. The molecule has 0 bridgehead atoms. The molecule has 0 spiro atoms. The largest absolute Gasteiger partial charge is 0.372 e. The van der Waals surface area contributed by atoms with E-state index < -0.39 is 11.6 Å². The van der Waals surface area contributed by atoms with E-state index in [0.29, 0.717) is 25.1 Å². The van der Waals surface area contributed by atoms with Crippen LogP contribution >= 0.6 is 0 Å². The predicted molar refractivity (Wildman–Crippen MR) is 59.6 cm³/mol. The van der Waals surface area contributed by atoms with Gasteiger partial charge in [-0.1, -0.05) is 0 Å². The van der Waals surface area contributed by atoms with Gasteiger partial charge in [0.25, 0.3) is 0 Å². The maximum atomic E-state index is 12.8. The Morgan fingerprint density at radius 3 is 2.53 bits per heavy atom. The Balaban J connectivity index is 2.33. The van der Waals surface area contributed by atoms with E-state index >= 15 is 0 Å². The van der Waals surface area contributed by atoms with Crippen molar-refractivity contribution in [1.82, 2.24) is 5.32 Å². The summed E-state index contributed by atoms with van der Waals surface area (Å²) in [5, 5.41) is 2.60. The Labute approximate surface area is 98.8 Å². The van der Waals surface area contributed by atoms with Gasteiger partial charge in [0.1, 0.15) is 18.2 Å². The molecule has 0 unspecified atom stereocenters. The van der Waals surface area contributed by atoms with Gasteiger partial charge in [-0.3, -0.25) is 4.79 Å². The van der Waals surface area contributed by atoms with E-state index in [-0.39, 0.29) is 12.5 Å². The van der Waals surface area contributed by atoms with Crippen LogP contribution in [0.4, 0.5) is 8.78 Å². The summed E-state index contributed by atoms with van der Waals surface area (Å²) < 4.78 is 30.6. The molecule has 1 amide bonds. The lowest BCUT2D eigenvalue weighted by Gasteiger charge is -2.05. The Kier molecular flexibility index (Phi) is 5.56. The maximum Gasteiger partial charge on any atom is 0.246 e. The average Bonchev–Trinajstić information content (AvgIpc) is 2.25. The fourth-order valence-electron chi connectivity index (χ4n) is 1.35. The minimum Gasteiger partial charge on any atom is -0.372 e. The summed E-state index contributed by atoms with van der Waals surface area (Å²) in [5.74, 6) is -1.45. The van der Waals surface area contributed by atoms with Crippen LogP contribution in [-0.2, 0) is 16.0 Å². The van der Waals surface area contributed by atoms with Crippen molar-refractivity contribution in [3.63, 3.8) is 0 Å². The zero-order valence-electron chi connectivity index (χ0n) is 9.63. The fourth-order valence-corrected chi connectivity index (χ4v) is 1.35. The van der Waals surface area contributed by atoms with Crippen LogP contribution < -0.4 is 5.32 Å². The van der Waals surface area contributed by atoms with Gasteiger partial charge in [0.2, 0.25) is 5.91 Å². The Bertz CT molecular complexity index is 363. The van der Waals surface area contributed by atoms with Crippen LogP contribution in [0.25, 0.3) is 0 Å². The van der Waals surface area contributed by atoms with Gasteiger partial charge in [0.05, 0.1) is 0 Å². The van der Waals surface area contributed by atoms with Crippen molar-refractivity contribution in [3.8, 4) is 0 Å². The highest BCUT2D eigenvalue weighted by atomic mass is 19.1. The second-order valence-electron chi connectivity index (χ2n) is 3.51. The zero-order valence-corrected chi connectivity index (χ0v) is 9.63. The molecule has 1 aromatic carbocycles. The molecule has 0 aromatic heterocycles. The molecule has 17 heavy (non-hydrogen) atoms. The van der Waals surface area contributed by atoms with E-state index in [0.717, 1.165) is 6.07 Å². The first-order valence-corrected chi connectivity index (χ1v) is 5.41. The lowest BCUT2D eigenvalue weighted by Crippen LogP contribution is -2.29. The van der Waals surface area contributed by atoms with Gasteiger partial charge in [-0.05, 0) is 31.0 Å². The maximum absolute atomic E-state index is 12.8. The van der Waals surface area contributed by atoms with Gasteiger partial charge >= 0.3 is 0 Å². The van der Waals surface area contributed by atoms with Crippen molar-refractivity contribution in [2.45, 2.75) is 13.3 Å². The molecule has 0 radical (unpaired) electrons. The molecular formula is C12H15F2NO2. The van der Waals surface area contributed by atoms with Gasteiger partial charge in [-0.25, -0.2) is 8.78 Å².